The summed E-state index contributed by atoms with van der Waals surface area (Å²) in [5.41, 5.74) is 3.24. The number of halogens is 3. The molecule has 0 radical (unpaired) electrons. The molecule has 2 aliphatic rings. The number of rotatable bonds is 0. The molecule has 3 N–H and O–H groups in total. The second-order valence-electron chi connectivity index (χ2n) is 4.88. The minimum atomic E-state index is -4.51. The third-order valence-electron chi connectivity index (χ3n) is 3.98. The molecule has 0 saturated heterocycles. The second-order valence-corrected chi connectivity index (χ2v) is 4.88. The van der Waals surface area contributed by atoms with E-state index in [9.17, 15) is 18.3 Å². The number of hydrogen-bond donors (Lipinski definition) is 2. The van der Waals surface area contributed by atoms with E-state index in [0.29, 0.717) is 25.7 Å². The van der Waals surface area contributed by atoms with Gasteiger partial charge >= 0.3 is 6.18 Å². The van der Waals surface area contributed by atoms with Gasteiger partial charge in [0.25, 0.3) is 0 Å². The molecule has 0 heterocycles. The third-order valence-corrected chi connectivity index (χ3v) is 3.98. The van der Waals surface area contributed by atoms with Gasteiger partial charge in [0.1, 0.15) is 0 Å². The molecule has 2 fully saturated rings. The average molecular weight is 223 g/mol. The van der Waals surface area contributed by atoms with E-state index in [1.807, 2.05) is 0 Å². The summed E-state index contributed by atoms with van der Waals surface area (Å²) in [6, 6.07) is -0.178. The fourth-order valence-electron chi connectivity index (χ4n) is 3.27. The van der Waals surface area contributed by atoms with E-state index in [4.69, 9.17) is 5.73 Å². The van der Waals surface area contributed by atoms with E-state index in [0.717, 1.165) is 6.42 Å². The number of hydrogen-bond acceptors (Lipinski definition) is 2. The van der Waals surface area contributed by atoms with Crippen molar-refractivity contribution in [2.75, 3.05) is 0 Å². The first kappa shape index (κ1) is 11.2. The minimum Gasteiger partial charge on any atom is -0.380 e. The van der Waals surface area contributed by atoms with Gasteiger partial charge in [-0.1, -0.05) is 6.42 Å². The first-order valence-electron chi connectivity index (χ1n) is 5.40. The molecule has 0 aromatic rings. The van der Waals surface area contributed by atoms with Crippen LogP contribution in [0.1, 0.15) is 32.1 Å². The number of aliphatic hydroxyl groups is 1. The largest absolute Gasteiger partial charge is 0.417 e. The van der Waals surface area contributed by atoms with Gasteiger partial charge in [0, 0.05) is 6.04 Å². The Morgan fingerprint density at radius 2 is 1.60 bits per heavy atom. The van der Waals surface area contributed by atoms with Crippen LogP contribution in [0.3, 0.4) is 0 Å². The predicted molar refractivity (Wildman–Crippen MR) is 49.0 cm³/mol. The Morgan fingerprint density at radius 3 is 2.00 bits per heavy atom. The van der Waals surface area contributed by atoms with Crippen molar-refractivity contribution >= 4 is 0 Å². The fraction of sp³-hybridized carbons (Fsp3) is 1.00. The van der Waals surface area contributed by atoms with Crippen LogP contribution in [0.5, 0.6) is 0 Å². The zero-order chi connectivity index (χ0) is 11.3. The van der Waals surface area contributed by atoms with Gasteiger partial charge in [-0.15, -0.1) is 0 Å². The number of fused-ring (bicyclic) bond motifs is 2. The van der Waals surface area contributed by atoms with Crippen LogP contribution in [0.15, 0.2) is 0 Å². The zero-order valence-corrected chi connectivity index (χ0v) is 8.43. The Bertz CT molecular complexity index is 240. The van der Waals surface area contributed by atoms with E-state index in [-0.39, 0.29) is 6.04 Å². The standard InChI is InChI=1S/C10H16F3NO/c11-10(12,13)9(15)6-2-1-3-7(9)5-8(14)4-6/h6-8,15H,1-5,14H2/t6-,7-,8?,9?/m0/s1. The van der Waals surface area contributed by atoms with Crippen LogP contribution < -0.4 is 5.73 Å². The summed E-state index contributed by atoms with van der Waals surface area (Å²) in [7, 11) is 0. The van der Waals surface area contributed by atoms with Crippen LogP contribution in [0, 0.1) is 11.8 Å². The lowest BCUT2D eigenvalue weighted by atomic mass is 9.60. The van der Waals surface area contributed by atoms with Gasteiger partial charge in [-0.3, -0.25) is 0 Å². The maximum Gasteiger partial charge on any atom is 0.417 e. The highest BCUT2D eigenvalue weighted by Crippen LogP contribution is 2.54. The van der Waals surface area contributed by atoms with E-state index < -0.39 is 23.6 Å². The van der Waals surface area contributed by atoms with Gasteiger partial charge in [0.2, 0.25) is 0 Å². The van der Waals surface area contributed by atoms with Crippen LogP contribution in [0.25, 0.3) is 0 Å². The number of alkyl halides is 3. The SMILES string of the molecule is NC1C[C@@H]2CCC[C@@H](C1)C2(O)C(F)(F)F. The van der Waals surface area contributed by atoms with Crippen molar-refractivity contribution in [3.63, 3.8) is 0 Å². The molecule has 0 unspecified atom stereocenters. The van der Waals surface area contributed by atoms with Crippen molar-refractivity contribution in [2.24, 2.45) is 17.6 Å². The maximum absolute atomic E-state index is 12.9. The van der Waals surface area contributed by atoms with Crippen molar-refractivity contribution in [3.05, 3.63) is 0 Å². The zero-order valence-electron chi connectivity index (χ0n) is 8.43. The molecule has 2 atom stereocenters. The molecule has 0 spiro atoms. The Kier molecular flexibility index (Phi) is 2.50. The maximum atomic E-state index is 12.9. The summed E-state index contributed by atoms with van der Waals surface area (Å²) in [4.78, 5) is 0. The van der Waals surface area contributed by atoms with Gasteiger partial charge in [-0.25, -0.2) is 0 Å². The normalized spacial score (nSPS) is 46.6. The number of nitrogens with two attached hydrogens (primary N) is 1. The van der Waals surface area contributed by atoms with Crippen LogP contribution >= 0.6 is 0 Å². The van der Waals surface area contributed by atoms with Gasteiger partial charge < -0.3 is 10.8 Å². The molecular weight excluding hydrogens is 207 g/mol. The molecule has 0 aromatic carbocycles. The lowest BCUT2D eigenvalue weighted by molar-refractivity contribution is -0.316. The molecule has 5 heteroatoms. The summed E-state index contributed by atoms with van der Waals surface area (Å²) in [5, 5.41) is 9.92. The monoisotopic (exact) mass is 223 g/mol. The van der Waals surface area contributed by atoms with Crippen molar-refractivity contribution in [1.29, 1.82) is 0 Å². The summed E-state index contributed by atoms with van der Waals surface area (Å²) < 4.78 is 38.6. The van der Waals surface area contributed by atoms with Crippen LogP contribution in [-0.2, 0) is 0 Å². The van der Waals surface area contributed by atoms with E-state index in [1.54, 1.807) is 0 Å². The predicted octanol–water partition coefficient (Wildman–Crippen LogP) is 1.82. The Morgan fingerprint density at radius 1 is 1.13 bits per heavy atom. The smallest absolute Gasteiger partial charge is 0.380 e. The van der Waals surface area contributed by atoms with Crippen LogP contribution in [0.4, 0.5) is 13.2 Å². The van der Waals surface area contributed by atoms with Crippen molar-refractivity contribution in [2.45, 2.75) is 49.9 Å². The Balaban J connectivity index is 2.31. The summed E-state index contributed by atoms with van der Waals surface area (Å²) in [5.74, 6) is -1.39. The third kappa shape index (κ3) is 1.56. The molecule has 2 saturated carbocycles. The lowest BCUT2D eigenvalue weighted by Crippen LogP contribution is -2.63. The summed E-state index contributed by atoms with van der Waals surface area (Å²) in [6.07, 6.45) is -2.25. The molecule has 0 aromatic heterocycles. The molecule has 2 bridgehead atoms. The van der Waals surface area contributed by atoms with Crippen molar-refractivity contribution in [3.8, 4) is 0 Å². The van der Waals surface area contributed by atoms with Crippen LogP contribution in [-0.4, -0.2) is 22.9 Å². The van der Waals surface area contributed by atoms with Gasteiger partial charge in [-0.2, -0.15) is 13.2 Å². The average Bonchev–Trinajstić information content (AvgIpc) is 2.05. The van der Waals surface area contributed by atoms with Gasteiger partial charge in [0.15, 0.2) is 5.60 Å². The molecule has 15 heavy (non-hydrogen) atoms. The highest BCUT2D eigenvalue weighted by Gasteiger charge is 2.65. The van der Waals surface area contributed by atoms with Crippen molar-refractivity contribution in [1.82, 2.24) is 0 Å². The molecule has 0 aliphatic heterocycles. The molecule has 0 amide bonds. The molecule has 2 rings (SSSR count). The van der Waals surface area contributed by atoms with Crippen LogP contribution in [0.2, 0.25) is 0 Å². The topological polar surface area (TPSA) is 46.2 Å². The van der Waals surface area contributed by atoms with Gasteiger partial charge in [-0.05, 0) is 37.5 Å². The first-order valence-corrected chi connectivity index (χ1v) is 5.40. The molecule has 88 valence electrons. The molecular formula is C10H16F3NO. The Labute approximate surface area is 86.6 Å². The van der Waals surface area contributed by atoms with Crippen molar-refractivity contribution < 1.29 is 18.3 Å². The summed E-state index contributed by atoms with van der Waals surface area (Å²) in [6.45, 7) is 0. The molecule has 2 aliphatic carbocycles. The minimum absolute atomic E-state index is 0.178. The highest BCUT2D eigenvalue weighted by molar-refractivity contribution is 5.06. The fourth-order valence-corrected chi connectivity index (χ4v) is 3.27. The first-order chi connectivity index (χ1) is 6.85. The Hall–Kier alpha value is -0.290. The highest BCUT2D eigenvalue weighted by atomic mass is 19.4. The van der Waals surface area contributed by atoms with Gasteiger partial charge in [0.05, 0.1) is 0 Å². The summed E-state index contributed by atoms with van der Waals surface area (Å²) >= 11 is 0. The second kappa shape index (κ2) is 3.35. The lowest BCUT2D eigenvalue weighted by Gasteiger charge is -2.51. The van der Waals surface area contributed by atoms with E-state index in [2.05, 4.69) is 0 Å². The van der Waals surface area contributed by atoms with E-state index in [1.165, 1.54) is 0 Å². The molecule has 2 nitrogen and oxygen atoms in total. The van der Waals surface area contributed by atoms with E-state index >= 15 is 0 Å². The quantitative estimate of drug-likeness (QED) is 0.658.